The van der Waals surface area contributed by atoms with Crippen LogP contribution < -0.4 is 0 Å². The second kappa shape index (κ2) is 62.3. The summed E-state index contributed by atoms with van der Waals surface area (Å²) in [4.78, 5) is 131. The predicted molar refractivity (Wildman–Crippen MR) is 492 cm³/mol. The molecule has 0 amide bonds. The van der Waals surface area contributed by atoms with Crippen molar-refractivity contribution in [3.05, 3.63) is 203 Å². The molecule has 0 bridgehead atoms. The van der Waals surface area contributed by atoms with Gasteiger partial charge in [-0.3, -0.25) is 62.7 Å². The van der Waals surface area contributed by atoms with Crippen LogP contribution in [0.25, 0.3) is 0 Å². The molecule has 6 aromatic rings. The molecule has 17 nitrogen and oxygen atoms in total. The van der Waals surface area contributed by atoms with E-state index >= 15 is 0 Å². The highest BCUT2D eigenvalue weighted by Crippen LogP contribution is 2.49. The van der Waals surface area contributed by atoms with Gasteiger partial charge in [0, 0.05) is 126 Å². The number of hydrogen-bond acceptors (Lipinski definition) is 17. The fraction of sp³-hybridized carbons (Fsp3) is 0.567. The Morgan fingerprint density at radius 3 is 1.27 bits per heavy atom. The molecule has 3 saturated carbocycles. The van der Waals surface area contributed by atoms with Crippen molar-refractivity contribution in [2.45, 2.75) is 294 Å². The first-order chi connectivity index (χ1) is 57.7. The maximum absolute atomic E-state index is 13.0. The van der Waals surface area contributed by atoms with E-state index in [9.17, 15) is 76.1 Å². The lowest BCUT2D eigenvalue weighted by molar-refractivity contribution is -0.137. The molecule has 0 aliphatic heterocycles. The van der Waals surface area contributed by atoms with Crippen LogP contribution in [0.2, 0.25) is 0 Å². The number of carbonyl (C=O) groups is 11. The summed E-state index contributed by atoms with van der Waals surface area (Å²) in [6.45, 7) is 49.6. The summed E-state index contributed by atoms with van der Waals surface area (Å²) in [5, 5.41) is 37.1. The number of carbonyl (C=O) groups excluding carboxylic acids is 11. The van der Waals surface area contributed by atoms with Crippen LogP contribution in [0.1, 0.15) is 305 Å². The molecular weight excluding hydrogens is 1570 g/mol. The molecule has 3 fully saturated rings. The Morgan fingerprint density at radius 2 is 0.887 bits per heavy atom. The number of aliphatic hydroxyl groups is 4. The van der Waals surface area contributed by atoms with Gasteiger partial charge in [0.15, 0.2) is 40.5 Å². The summed E-state index contributed by atoms with van der Waals surface area (Å²) < 4.78 is 38.1. The van der Waals surface area contributed by atoms with Crippen molar-refractivity contribution in [1.82, 2.24) is 9.97 Å². The molecule has 2 unspecified atom stereocenters. The first-order valence-corrected chi connectivity index (χ1v) is 44.4. The molecule has 4 N–H and O–H groups in total. The predicted octanol–water partition coefficient (Wildman–Crippen LogP) is 22.1. The largest absolute Gasteiger partial charge is 0.385 e. The Labute approximate surface area is 741 Å². The van der Waals surface area contributed by atoms with E-state index in [4.69, 9.17) is 10.2 Å². The fourth-order valence-electron chi connectivity index (χ4n) is 11.8. The van der Waals surface area contributed by atoms with E-state index in [0.29, 0.717) is 72.0 Å². The molecule has 20 heteroatoms. The van der Waals surface area contributed by atoms with Gasteiger partial charge in [0.2, 0.25) is 0 Å². The molecule has 2 aromatic heterocycles. The van der Waals surface area contributed by atoms with Gasteiger partial charge < -0.3 is 20.4 Å². The van der Waals surface area contributed by atoms with Crippen molar-refractivity contribution in [1.29, 1.82) is 0 Å². The quantitative estimate of drug-likeness (QED) is 0.0317. The monoisotopic (exact) mass is 1730 g/mol. The third-order valence-corrected chi connectivity index (χ3v) is 19.9. The number of aromatic nitrogens is 2. The zero-order chi connectivity index (χ0) is 95.6. The van der Waals surface area contributed by atoms with Crippen LogP contribution in [0.3, 0.4) is 0 Å². The van der Waals surface area contributed by atoms with Gasteiger partial charge in [-0.25, -0.2) is 13.2 Å². The number of rotatable bonds is 29. The van der Waals surface area contributed by atoms with Gasteiger partial charge in [0.25, 0.3) is 0 Å². The third kappa shape index (κ3) is 51.0. The van der Waals surface area contributed by atoms with Crippen molar-refractivity contribution < 1.29 is 86.3 Å². The highest BCUT2D eigenvalue weighted by molar-refractivity contribution is 5.99. The summed E-state index contributed by atoms with van der Waals surface area (Å²) >= 11 is 0. The minimum Gasteiger partial charge on any atom is -0.385 e. The Bertz CT molecular complexity index is 4020. The van der Waals surface area contributed by atoms with Crippen LogP contribution in [0.15, 0.2) is 152 Å². The molecule has 0 spiro atoms. The molecule has 690 valence electrons. The second-order valence-electron chi connectivity index (χ2n) is 36.3. The van der Waals surface area contributed by atoms with Gasteiger partial charge >= 0.3 is 0 Å². The highest BCUT2D eigenvalue weighted by Gasteiger charge is 2.44. The van der Waals surface area contributed by atoms with Crippen molar-refractivity contribution in [2.75, 3.05) is 0 Å². The molecule has 0 radical (unpaired) electrons. The maximum Gasteiger partial charge on any atom is 0.168 e. The number of halogens is 3. The molecular formula is C104H153F3N2O15. The van der Waals surface area contributed by atoms with E-state index in [1.165, 1.54) is 87.2 Å². The maximum atomic E-state index is 13.0. The zero-order valence-corrected chi connectivity index (χ0v) is 79.7. The number of ketones is 11. The van der Waals surface area contributed by atoms with Gasteiger partial charge in [-0.2, -0.15) is 0 Å². The lowest BCUT2D eigenvalue weighted by Crippen LogP contribution is -2.34. The van der Waals surface area contributed by atoms with E-state index in [1.807, 2.05) is 153 Å². The number of pyridine rings is 2. The molecule has 3 aliphatic carbocycles. The van der Waals surface area contributed by atoms with Crippen molar-refractivity contribution in [2.24, 2.45) is 88.8 Å². The number of hydrogen-bond donors (Lipinski definition) is 4. The minimum atomic E-state index is -1.16. The SMILES string of the molecule is CC(C)C(=O)C(C)(C)O.CC(C)C(=O)C1CC1.CC(C)C(=O)C1CC1c1ccccc1.CC(C)C(=O)Cc1cccnc1.CC(C)C(=O)Cc1ccncc1.CC(C)C(=O)[C@H](O)C1CCCCC1.CC(C)C(=O)c1ccc(F)cc1.CC(C)C(=O)c1cccc(F)c1.CC(C)C(=O)c1ccccc1F.CC(C)C[C@H](O)C(=O)C(C)C.CC[C@@H](O)C(=O)C(C)C. The lowest BCUT2D eigenvalue weighted by atomic mass is 9.82. The van der Waals surface area contributed by atoms with Crippen LogP contribution in [0.5, 0.6) is 0 Å². The van der Waals surface area contributed by atoms with Crippen molar-refractivity contribution in [3.63, 3.8) is 0 Å². The van der Waals surface area contributed by atoms with Gasteiger partial charge in [0.1, 0.15) is 64.5 Å². The first-order valence-electron chi connectivity index (χ1n) is 44.4. The van der Waals surface area contributed by atoms with Crippen LogP contribution in [0.4, 0.5) is 13.2 Å². The van der Waals surface area contributed by atoms with E-state index in [1.54, 1.807) is 111 Å². The van der Waals surface area contributed by atoms with Crippen molar-refractivity contribution >= 4 is 63.6 Å². The number of Topliss-reactive ketones (excluding diaryl/α,β-unsaturated/α-hetero) is 11. The van der Waals surface area contributed by atoms with E-state index in [0.717, 1.165) is 43.2 Å². The molecule has 4 aromatic carbocycles. The van der Waals surface area contributed by atoms with E-state index in [-0.39, 0.29) is 140 Å². The van der Waals surface area contributed by atoms with E-state index < -0.39 is 29.7 Å². The van der Waals surface area contributed by atoms with Crippen LogP contribution in [-0.4, -0.2) is 118 Å². The first kappa shape index (κ1) is 117. The standard InChI is InChI=1S/C13H16O.C11H20O2.3C10H11FO.2C10H13NO.C9H18O2.2C7H14O2.C7H12O/c1-9(2)13(14)12-8-11(12)10-6-4-3-5-7-10;1-8(2)10(12)11(13)9-6-4-3-5-7-9;1-7(2)10(12)8-3-5-9(11)6-4-8;1-7(2)10(12)8-4-3-5-9(11)6-8;1-7(2)10(12)8-5-3-4-6-9(8)11;1-8(2)10(12)7-9-3-5-11-6-4-9;1-8(2)10(12)6-9-4-3-5-11-7-9;1-6(2)5-8(10)9(11)7(3)4;1-5(2)6(8)7(3,4)9;1-4-6(8)7(9)5(2)3;1-5(2)7(8)6-3-4-6/h3-7,9,11-12H,8H2,1-2H3;8-9,11,13H,3-7H2,1-2H3;3*3-7H,1-2H3;3-6,8H,7H2,1-2H3;3-5,7-8H,6H2,1-2H3;6-8,10H,5H2,1-4H3;5,9H,1-4H3;5-6,8H,4H2,1-3H3;5-6H,3-4H2,1-2H3/t;11-;;;;;;8-;;6-;/m.1.....0.1./s1. The van der Waals surface area contributed by atoms with Gasteiger partial charge in [-0.1, -0.05) is 253 Å². The average molecular weight is 1730 g/mol. The second-order valence-corrected chi connectivity index (χ2v) is 36.3. The third-order valence-electron chi connectivity index (χ3n) is 19.9. The Morgan fingerprint density at radius 1 is 0.419 bits per heavy atom. The Balaban J connectivity index is 0. The van der Waals surface area contributed by atoms with Crippen molar-refractivity contribution in [3.8, 4) is 0 Å². The number of nitrogens with zero attached hydrogens (tertiary/aromatic N) is 2. The molecule has 5 atom stereocenters. The number of benzene rings is 4. The average Bonchev–Trinajstić information content (AvgIpc) is 1.64. The molecule has 124 heavy (non-hydrogen) atoms. The normalized spacial score (nSPS) is 14.5. The molecule has 0 saturated heterocycles. The van der Waals surface area contributed by atoms with Crippen LogP contribution >= 0.6 is 0 Å². The van der Waals surface area contributed by atoms with Gasteiger partial charge in [-0.05, 0) is 160 Å². The fourth-order valence-corrected chi connectivity index (χ4v) is 11.8. The summed E-state index contributed by atoms with van der Waals surface area (Å²) in [6, 6.07) is 35.3. The van der Waals surface area contributed by atoms with Gasteiger partial charge in [-0.15, -0.1) is 0 Å². The minimum absolute atomic E-state index is 0.0190. The lowest BCUT2D eigenvalue weighted by Gasteiger charge is -2.26. The molecule has 3 aliphatic rings. The van der Waals surface area contributed by atoms with Gasteiger partial charge in [0.05, 0.1) is 5.56 Å². The molecule has 9 rings (SSSR count). The summed E-state index contributed by atoms with van der Waals surface area (Å²) in [5.41, 5.74) is 3.42. The highest BCUT2D eigenvalue weighted by atomic mass is 19.1. The zero-order valence-electron chi connectivity index (χ0n) is 79.7. The van der Waals surface area contributed by atoms with Crippen LogP contribution in [-0.2, 0) is 51.2 Å². The van der Waals surface area contributed by atoms with E-state index in [2.05, 4.69) is 22.1 Å². The Kier molecular flexibility index (Phi) is 58.9. The Hall–Kier alpha value is -8.82. The summed E-state index contributed by atoms with van der Waals surface area (Å²) in [5.74, 6) is 2.15. The smallest absolute Gasteiger partial charge is 0.168 e. The van der Waals surface area contributed by atoms with Crippen LogP contribution in [0, 0.1) is 106 Å². The number of aliphatic hydroxyl groups excluding tert-OH is 3. The molecule has 2 heterocycles. The summed E-state index contributed by atoms with van der Waals surface area (Å²) in [7, 11) is 0. The summed E-state index contributed by atoms with van der Waals surface area (Å²) in [6.07, 6.45) is 15.8. The topological polar surface area (TPSA) is 294 Å².